The number of carbonyl (C=O) groups is 3. The van der Waals surface area contributed by atoms with Gasteiger partial charge in [0.05, 0.1) is 0 Å². The van der Waals surface area contributed by atoms with Crippen LogP contribution in [0.3, 0.4) is 0 Å². The molecule has 61 heavy (non-hydrogen) atoms. The fourth-order valence-electron chi connectivity index (χ4n) is 7.57. The van der Waals surface area contributed by atoms with Gasteiger partial charge >= 0.3 is 17.9 Å². The highest BCUT2D eigenvalue weighted by Crippen LogP contribution is 2.16. The van der Waals surface area contributed by atoms with E-state index >= 15 is 0 Å². The van der Waals surface area contributed by atoms with E-state index in [1.54, 1.807) is 0 Å². The summed E-state index contributed by atoms with van der Waals surface area (Å²) in [6, 6.07) is 0. The quantitative estimate of drug-likeness (QED) is 0.0262. The Hall–Kier alpha value is -2.37. The second-order valence-electron chi connectivity index (χ2n) is 17.8. The molecule has 0 radical (unpaired) electrons. The van der Waals surface area contributed by atoms with Gasteiger partial charge in [0.2, 0.25) is 0 Å². The molecule has 356 valence electrons. The van der Waals surface area contributed by atoms with E-state index in [1.165, 1.54) is 154 Å². The highest BCUT2D eigenvalue weighted by molar-refractivity contribution is 5.71. The molecule has 0 spiro atoms. The Morgan fingerprint density at radius 3 is 0.984 bits per heavy atom. The number of unbranched alkanes of at least 4 members (excludes halogenated alkanes) is 31. The van der Waals surface area contributed by atoms with Gasteiger partial charge in [0.1, 0.15) is 13.2 Å². The second kappa shape index (κ2) is 50.3. The SMILES string of the molecule is CCCC/C=C\CCCCCCCC(=O)OCC(COC(=O)CCCCCCC/C=C\C/C=C\CCCCCC)OC(=O)CCCCCCCCCCCCCCCCCC. The summed E-state index contributed by atoms with van der Waals surface area (Å²) in [6.07, 6.45) is 58.4. The Bertz CT molecular complexity index is 1030. The van der Waals surface area contributed by atoms with E-state index < -0.39 is 6.10 Å². The summed E-state index contributed by atoms with van der Waals surface area (Å²) in [5.74, 6) is -0.890. The molecule has 0 aromatic carbocycles. The van der Waals surface area contributed by atoms with Crippen molar-refractivity contribution in [3.8, 4) is 0 Å². The van der Waals surface area contributed by atoms with Crippen LogP contribution in [0, 0.1) is 0 Å². The molecule has 1 unspecified atom stereocenters. The summed E-state index contributed by atoms with van der Waals surface area (Å²) < 4.78 is 16.8. The number of ether oxygens (including phenoxy) is 3. The van der Waals surface area contributed by atoms with E-state index in [0.29, 0.717) is 19.3 Å². The van der Waals surface area contributed by atoms with Gasteiger partial charge in [-0.25, -0.2) is 0 Å². The number of carbonyl (C=O) groups excluding carboxylic acids is 3. The molecule has 0 fully saturated rings. The van der Waals surface area contributed by atoms with Gasteiger partial charge in [-0.1, -0.05) is 224 Å². The monoisotopic (exact) mass is 857 g/mol. The van der Waals surface area contributed by atoms with Gasteiger partial charge in [0.15, 0.2) is 6.10 Å². The van der Waals surface area contributed by atoms with Gasteiger partial charge < -0.3 is 14.2 Å². The number of esters is 3. The van der Waals surface area contributed by atoms with E-state index in [0.717, 1.165) is 83.5 Å². The summed E-state index contributed by atoms with van der Waals surface area (Å²) in [6.45, 7) is 6.59. The number of hydrogen-bond donors (Lipinski definition) is 0. The minimum Gasteiger partial charge on any atom is -0.462 e. The Balaban J connectivity index is 4.36. The topological polar surface area (TPSA) is 78.9 Å². The first-order valence-electron chi connectivity index (χ1n) is 26.5. The van der Waals surface area contributed by atoms with Gasteiger partial charge in [0, 0.05) is 19.3 Å². The zero-order valence-corrected chi connectivity index (χ0v) is 40.7. The first-order chi connectivity index (χ1) is 30.0. The summed E-state index contributed by atoms with van der Waals surface area (Å²) >= 11 is 0. The molecule has 0 aliphatic carbocycles. The first-order valence-corrected chi connectivity index (χ1v) is 26.5. The molecule has 0 heterocycles. The second-order valence-corrected chi connectivity index (χ2v) is 17.8. The van der Waals surface area contributed by atoms with Crippen molar-refractivity contribution in [1.29, 1.82) is 0 Å². The Morgan fingerprint density at radius 2 is 0.607 bits per heavy atom. The van der Waals surface area contributed by atoms with Crippen molar-refractivity contribution >= 4 is 17.9 Å². The average Bonchev–Trinajstić information content (AvgIpc) is 3.26. The van der Waals surface area contributed by atoms with E-state index in [-0.39, 0.29) is 31.1 Å². The van der Waals surface area contributed by atoms with E-state index in [1.807, 2.05) is 0 Å². The van der Waals surface area contributed by atoms with Crippen LogP contribution in [0.4, 0.5) is 0 Å². The summed E-state index contributed by atoms with van der Waals surface area (Å²) in [5, 5.41) is 0. The smallest absolute Gasteiger partial charge is 0.306 e. The zero-order valence-electron chi connectivity index (χ0n) is 40.7. The third-order valence-corrected chi connectivity index (χ3v) is 11.6. The third kappa shape index (κ3) is 48.5. The van der Waals surface area contributed by atoms with Crippen molar-refractivity contribution in [1.82, 2.24) is 0 Å². The molecule has 0 saturated heterocycles. The lowest BCUT2D eigenvalue weighted by atomic mass is 10.0. The maximum Gasteiger partial charge on any atom is 0.306 e. The molecule has 0 bridgehead atoms. The van der Waals surface area contributed by atoms with Crippen LogP contribution in [-0.2, 0) is 28.6 Å². The van der Waals surface area contributed by atoms with Crippen LogP contribution in [0.2, 0.25) is 0 Å². The molecule has 0 rings (SSSR count). The first kappa shape index (κ1) is 58.6. The van der Waals surface area contributed by atoms with Gasteiger partial charge in [0.25, 0.3) is 0 Å². The predicted molar refractivity (Wildman–Crippen MR) is 261 cm³/mol. The van der Waals surface area contributed by atoms with E-state index in [2.05, 4.69) is 57.2 Å². The highest BCUT2D eigenvalue weighted by Gasteiger charge is 2.19. The molecule has 0 amide bonds. The summed E-state index contributed by atoms with van der Waals surface area (Å²) in [7, 11) is 0. The van der Waals surface area contributed by atoms with Gasteiger partial charge in [-0.15, -0.1) is 0 Å². The van der Waals surface area contributed by atoms with Crippen molar-refractivity contribution in [2.45, 2.75) is 284 Å². The molecule has 6 heteroatoms. The Morgan fingerprint density at radius 1 is 0.328 bits per heavy atom. The number of rotatable bonds is 48. The lowest BCUT2D eigenvalue weighted by molar-refractivity contribution is -0.167. The van der Waals surface area contributed by atoms with Crippen molar-refractivity contribution in [3.05, 3.63) is 36.5 Å². The molecular formula is C55H100O6. The molecule has 0 aromatic rings. The van der Waals surface area contributed by atoms with E-state index in [9.17, 15) is 14.4 Å². The molecule has 0 aliphatic rings. The molecule has 0 aliphatic heterocycles. The maximum atomic E-state index is 12.8. The average molecular weight is 857 g/mol. The van der Waals surface area contributed by atoms with Crippen LogP contribution in [0.5, 0.6) is 0 Å². The van der Waals surface area contributed by atoms with Crippen LogP contribution in [0.15, 0.2) is 36.5 Å². The van der Waals surface area contributed by atoms with Crippen molar-refractivity contribution < 1.29 is 28.6 Å². The van der Waals surface area contributed by atoms with Crippen LogP contribution in [0.25, 0.3) is 0 Å². The van der Waals surface area contributed by atoms with Gasteiger partial charge in [-0.3, -0.25) is 14.4 Å². The zero-order chi connectivity index (χ0) is 44.4. The molecule has 0 N–H and O–H groups in total. The molecular weight excluding hydrogens is 757 g/mol. The van der Waals surface area contributed by atoms with Crippen LogP contribution in [0.1, 0.15) is 278 Å². The Labute approximate surface area is 378 Å². The van der Waals surface area contributed by atoms with E-state index in [4.69, 9.17) is 14.2 Å². The lowest BCUT2D eigenvalue weighted by Gasteiger charge is -2.18. The fraction of sp³-hybridized carbons (Fsp3) is 0.836. The van der Waals surface area contributed by atoms with Crippen LogP contribution >= 0.6 is 0 Å². The molecule has 0 saturated carbocycles. The summed E-state index contributed by atoms with van der Waals surface area (Å²) in [5.41, 5.74) is 0. The third-order valence-electron chi connectivity index (χ3n) is 11.6. The fourth-order valence-corrected chi connectivity index (χ4v) is 7.57. The van der Waals surface area contributed by atoms with Gasteiger partial charge in [-0.2, -0.15) is 0 Å². The van der Waals surface area contributed by atoms with Crippen molar-refractivity contribution in [2.24, 2.45) is 0 Å². The number of allylic oxidation sites excluding steroid dienone is 6. The minimum absolute atomic E-state index is 0.0784. The van der Waals surface area contributed by atoms with Crippen molar-refractivity contribution in [2.75, 3.05) is 13.2 Å². The van der Waals surface area contributed by atoms with Crippen molar-refractivity contribution in [3.63, 3.8) is 0 Å². The maximum absolute atomic E-state index is 12.8. The van der Waals surface area contributed by atoms with Gasteiger partial charge in [-0.05, 0) is 70.6 Å². The normalized spacial score (nSPS) is 12.2. The standard InChI is InChI=1S/C55H100O6/c1-4-7-10-13-16-19-22-24-26-28-30-33-36-39-42-45-48-54(57)60-51-52(50-59-53(56)47-44-41-38-35-32-21-18-15-12-9-6-3)61-55(58)49-46-43-40-37-34-31-29-27-25-23-20-17-14-11-8-5-2/h15,18-19,22,26,28,52H,4-14,16-17,20-21,23-25,27,29-51H2,1-3H3/b18-15-,22-19-,28-26-. The molecule has 0 aromatic heterocycles. The predicted octanol–water partition coefficient (Wildman–Crippen LogP) is 17.3. The largest absolute Gasteiger partial charge is 0.462 e. The highest BCUT2D eigenvalue weighted by atomic mass is 16.6. The molecule has 1 atom stereocenters. The van der Waals surface area contributed by atoms with Crippen LogP contribution in [-0.4, -0.2) is 37.2 Å². The lowest BCUT2D eigenvalue weighted by Crippen LogP contribution is -2.30. The summed E-state index contributed by atoms with van der Waals surface area (Å²) in [4.78, 5) is 38.0. The Kier molecular flexibility index (Phi) is 48.3. The number of hydrogen-bond acceptors (Lipinski definition) is 6. The van der Waals surface area contributed by atoms with Crippen LogP contribution < -0.4 is 0 Å². The minimum atomic E-state index is -0.777. The molecule has 6 nitrogen and oxygen atoms in total.